The molecule has 1 aromatic carbocycles. The van der Waals surface area contributed by atoms with E-state index in [9.17, 15) is 4.79 Å². The summed E-state index contributed by atoms with van der Waals surface area (Å²) in [6.07, 6.45) is 2.27. The molecule has 5 nitrogen and oxygen atoms in total. The molecule has 0 aliphatic heterocycles. The standard InChI is InChI=1S/C18H23Cl2N3O2/c1-11(2)18(3,10-21)23-16(24)6-7-17-22-9-15(25-17)13-5-4-12(19)8-14(13)20/h4-5,8-9,11H,6-7,10,21H2,1-3H3,(H,23,24). The Kier molecular flexibility index (Phi) is 6.49. The van der Waals surface area contributed by atoms with Crippen LogP contribution in [0.2, 0.25) is 10.0 Å². The van der Waals surface area contributed by atoms with Crippen LogP contribution in [0.5, 0.6) is 0 Å². The highest BCUT2D eigenvalue weighted by Gasteiger charge is 2.28. The lowest BCUT2D eigenvalue weighted by Gasteiger charge is -2.33. The summed E-state index contributed by atoms with van der Waals surface area (Å²) in [5, 5.41) is 4.04. The van der Waals surface area contributed by atoms with Crippen molar-refractivity contribution in [3.8, 4) is 11.3 Å². The van der Waals surface area contributed by atoms with Crippen LogP contribution in [0.15, 0.2) is 28.8 Å². The number of aryl methyl sites for hydroxylation is 1. The van der Waals surface area contributed by atoms with Gasteiger partial charge in [0, 0.05) is 30.0 Å². The third kappa shape index (κ3) is 4.97. The van der Waals surface area contributed by atoms with Crippen LogP contribution >= 0.6 is 23.2 Å². The molecule has 25 heavy (non-hydrogen) atoms. The Labute approximate surface area is 157 Å². The van der Waals surface area contributed by atoms with Gasteiger partial charge in [0.2, 0.25) is 5.91 Å². The third-order valence-electron chi connectivity index (χ3n) is 4.44. The van der Waals surface area contributed by atoms with Gasteiger partial charge in [-0.25, -0.2) is 4.98 Å². The van der Waals surface area contributed by atoms with Gasteiger partial charge in [-0.15, -0.1) is 0 Å². The summed E-state index contributed by atoms with van der Waals surface area (Å²) in [6, 6.07) is 5.16. The molecule has 1 atom stereocenters. The molecule has 1 heterocycles. The van der Waals surface area contributed by atoms with Crippen molar-refractivity contribution in [2.75, 3.05) is 6.54 Å². The first kappa shape index (κ1) is 19.8. The number of oxazole rings is 1. The molecule has 2 aromatic rings. The number of amides is 1. The molecular formula is C18H23Cl2N3O2. The molecule has 0 bridgehead atoms. The number of hydrogen-bond acceptors (Lipinski definition) is 4. The lowest BCUT2D eigenvalue weighted by atomic mass is 9.88. The molecule has 0 aliphatic carbocycles. The summed E-state index contributed by atoms with van der Waals surface area (Å²) in [6.45, 7) is 6.39. The van der Waals surface area contributed by atoms with E-state index in [2.05, 4.69) is 10.3 Å². The molecule has 1 amide bonds. The molecule has 0 saturated carbocycles. The number of aromatic nitrogens is 1. The number of benzene rings is 1. The smallest absolute Gasteiger partial charge is 0.220 e. The van der Waals surface area contributed by atoms with Crippen LogP contribution in [0, 0.1) is 5.92 Å². The van der Waals surface area contributed by atoms with E-state index >= 15 is 0 Å². The van der Waals surface area contributed by atoms with E-state index in [0.717, 1.165) is 0 Å². The van der Waals surface area contributed by atoms with Crippen LogP contribution in [0.4, 0.5) is 0 Å². The minimum atomic E-state index is -0.421. The number of carbonyl (C=O) groups is 1. The fourth-order valence-electron chi connectivity index (χ4n) is 2.27. The van der Waals surface area contributed by atoms with Crippen LogP contribution in [-0.4, -0.2) is 23.0 Å². The third-order valence-corrected chi connectivity index (χ3v) is 4.99. The number of halogens is 2. The molecule has 136 valence electrons. The molecule has 3 N–H and O–H groups in total. The van der Waals surface area contributed by atoms with E-state index in [1.807, 2.05) is 20.8 Å². The highest BCUT2D eigenvalue weighted by atomic mass is 35.5. The van der Waals surface area contributed by atoms with Crippen LogP contribution in [0.1, 0.15) is 33.1 Å². The summed E-state index contributed by atoms with van der Waals surface area (Å²) < 4.78 is 5.70. The second-order valence-electron chi connectivity index (χ2n) is 6.57. The van der Waals surface area contributed by atoms with Gasteiger partial charge in [-0.1, -0.05) is 37.0 Å². The van der Waals surface area contributed by atoms with E-state index < -0.39 is 5.54 Å². The van der Waals surface area contributed by atoms with Gasteiger partial charge in [-0.05, 0) is 31.0 Å². The summed E-state index contributed by atoms with van der Waals surface area (Å²) in [5.74, 6) is 1.19. The number of hydrogen-bond donors (Lipinski definition) is 2. The van der Waals surface area contributed by atoms with Gasteiger partial charge < -0.3 is 15.5 Å². The van der Waals surface area contributed by atoms with Crippen molar-refractivity contribution in [1.82, 2.24) is 10.3 Å². The van der Waals surface area contributed by atoms with Gasteiger partial charge in [-0.3, -0.25) is 4.79 Å². The predicted octanol–water partition coefficient (Wildman–Crippen LogP) is 4.07. The van der Waals surface area contributed by atoms with Gasteiger partial charge in [0.25, 0.3) is 0 Å². The zero-order valence-corrected chi connectivity index (χ0v) is 16.1. The Morgan fingerprint density at radius 2 is 2.12 bits per heavy atom. The van der Waals surface area contributed by atoms with Gasteiger partial charge in [0.15, 0.2) is 11.7 Å². The van der Waals surface area contributed by atoms with Crippen molar-refractivity contribution in [2.24, 2.45) is 11.7 Å². The summed E-state index contributed by atoms with van der Waals surface area (Å²) >= 11 is 12.1. The Morgan fingerprint density at radius 3 is 2.72 bits per heavy atom. The Morgan fingerprint density at radius 1 is 1.40 bits per heavy atom. The molecule has 2 rings (SSSR count). The Bertz CT molecular complexity index is 746. The zero-order valence-electron chi connectivity index (χ0n) is 14.6. The monoisotopic (exact) mass is 383 g/mol. The molecule has 1 unspecified atom stereocenters. The SMILES string of the molecule is CC(C)C(C)(CN)NC(=O)CCc1ncc(-c2ccc(Cl)cc2Cl)o1. The zero-order chi connectivity index (χ0) is 18.6. The highest BCUT2D eigenvalue weighted by molar-refractivity contribution is 6.36. The number of nitrogens with one attached hydrogen (secondary N) is 1. The van der Waals surface area contributed by atoms with Crippen LogP contribution < -0.4 is 11.1 Å². The first-order valence-corrected chi connectivity index (χ1v) is 8.92. The second kappa shape index (κ2) is 8.21. The van der Waals surface area contributed by atoms with E-state index in [4.69, 9.17) is 33.4 Å². The van der Waals surface area contributed by atoms with E-state index in [0.29, 0.717) is 40.2 Å². The van der Waals surface area contributed by atoms with Crippen LogP contribution in [0.3, 0.4) is 0 Å². The topological polar surface area (TPSA) is 81.1 Å². The largest absolute Gasteiger partial charge is 0.441 e. The fourth-order valence-corrected chi connectivity index (χ4v) is 2.77. The fraction of sp³-hybridized carbons (Fsp3) is 0.444. The molecule has 1 aromatic heterocycles. The summed E-state index contributed by atoms with van der Waals surface area (Å²) in [7, 11) is 0. The molecular weight excluding hydrogens is 361 g/mol. The maximum Gasteiger partial charge on any atom is 0.220 e. The van der Waals surface area contributed by atoms with E-state index in [-0.39, 0.29) is 18.2 Å². The number of nitrogens with two attached hydrogens (primary N) is 1. The van der Waals surface area contributed by atoms with Gasteiger partial charge in [-0.2, -0.15) is 0 Å². The average molecular weight is 384 g/mol. The highest BCUT2D eigenvalue weighted by Crippen LogP contribution is 2.30. The normalized spacial score (nSPS) is 13.7. The lowest BCUT2D eigenvalue weighted by molar-refractivity contribution is -0.123. The Hall–Kier alpha value is -1.56. The van der Waals surface area contributed by atoms with Crippen molar-refractivity contribution < 1.29 is 9.21 Å². The molecule has 0 saturated heterocycles. The maximum atomic E-state index is 12.2. The minimum absolute atomic E-state index is 0.0778. The van der Waals surface area contributed by atoms with Crippen molar-refractivity contribution in [3.63, 3.8) is 0 Å². The van der Waals surface area contributed by atoms with Gasteiger partial charge in [0.1, 0.15) is 0 Å². The molecule has 0 radical (unpaired) electrons. The second-order valence-corrected chi connectivity index (χ2v) is 7.41. The van der Waals surface area contributed by atoms with Crippen molar-refractivity contribution >= 4 is 29.1 Å². The molecule has 0 spiro atoms. The minimum Gasteiger partial charge on any atom is -0.441 e. The molecule has 0 fully saturated rings. The first-order chi connectivity index (χ1) is 11.7. The number of nitrogens with zero attached hydrogens (tertiary/aromatic N) is 1. The van der Waals surface area contributed by atoms with E-state index in [1.165, 1.54) is 0 Å². The Balaban J connectivity index is 1.99. The first-order valence-electron chi connectivity index (χ1n) is 8.16. The quantitative estimate of drug-likeness (QED) is 0.754. The van der Waals surface area contributed by atoms with Gasteiger partial charge in [0.05, 0.1) is 16.8 Å². The summed E-state index contributed by atoms with van der Waals surface area (Å²) in [5.41, 5.74) is 6.08. The number of carbonyl (C=O) groups excluding carboxylic acids is 1. The molecule has 0 aliphatic rings. The lowest BCUT2D eigenvalue weighted by Crippen LogP contribution is -2.55. The predicted molar refractivity (Wildman–Crippen MR) is 101 cm³/mol. The average Bonchev–Trinajstić information content (AvgIpc) is 3.01. The summed E-state index contributed by atoms with van der Waals surface area (Å²) in [4.78, 5) is 16.4. The van der Waals surface area contributed by atoms with Crippen molar-refractivity contribution in [3.05, 3.63) is 40.3 Å². The maximum absolute atomic E-state index is 12.2. The van der Waals surface area contributed by atoms with E-state index in [1.54, 1.807) is 24.4 Å². The van der Waals surface area contributed by atoms with Crippen LogP contribution in [0.25, 0.3) is 11.3 Å². The number of rotatable bonds is 7. The van der Waals surface area contributed by atoms with Gasteiger partial charge >= 0.3 is 0 Å². The van der Waals surface area contributed by atoms with Crippen molar-refractivity contribution in [1.29, 1.82) is 0 Å². The van der Waals surface area contributed by atoms with Crippen molar-refractivity contribution in [2.45, 2.75) is 39.2 Å². The van der Waals surface area contributed by atoms with Crippen LogP contribution in [-0.2, 0) is 11.2 Å². The molecule has 7 heteroatoms.